The Morgan fingerprint density at radius 1 is 1.70 bits per heavy atom. The molecule has 0 aromatic carbocycles. The van der Waals surface area contributed by atoms with Crippen LogP contribution in [0, 0.1) is 0 Å². The molecular formula is C7H14ClNS. The van der Waals surface area contributed by atoms with Crippen molar-refractivity contribution in [1.29, 1.82) is 0 Å². The van der Waals surface area contributed by atoms with Crippen molar-refractivity contribution >= 4 is 23.4 Å². The van der Waals surface area contributed by atoms with Gasteiger partial charge in [-0.1, -0.05) is 18.2 Å². The first-order chi connectivity index (χ1) is 4.66. The van der Waals surface area contributed by atoms with Crippen LogP contribution in [0.3, 0.4) is 0 Å². The maximum atomic E-state index is 5.61. The Kier molecular flexibility index (Phi) is 6.28. The number of likely N-dealkylation sites (N-methyl/N-ethyl adjacent to an activating group) is 1. The third kappa shape index (κ3) is 6.46. The number of thioether (sulfide) groups is 1. The zero-order valence-corrected chi connectivity index (χ0v) is 8.13. The van der Waals surface area contributed by atoms with Gasteiger partial charge in [0, 0.05) is 23.9 Å². The Morgan fingerprint density at radius 3 is 2.70 bits per heavy atom. The van der Waals surface area contributed by atoms with Crippen molar-refractivity contribution in [3.63, 3.8) is 0 Å². The topological polar surface area (TPSA) is 3.24 Å². The molecule has 0 fully saturated rings. The predicted octanol–water partition coefficient (Wildman–Crippen LogP) is 2.03. The fourth-order valence-electron chi connectivity index (χ4n) is 0.619. The standard InChI is InChI=1S/C7H14ClNS/c1-7(8)6-9(2)4-5-10-3/h1,4-6H2,2-3H3. The molecule has 0 heterocycles. The molecule has 0 bridgehead atoms. The van der Waals surface area contributed by atoms with Crippen LogP contribution in [0.1, 0.15) is 0 Å². The summed E-state index contributed by atoms with van der Waals surface area (Å²) in [6.45, 7) is 5.49. The Morgan fingerprint density at radius 2 is 2.30 bits per heavy atom. The molecule has 0 aliphatic heterocycles. The zero-order valence-electron chi connectivity index (χ0n) is 6.56. The summed E-state index contributed by atoms with van der Waals surface area (Å²) in [5, 5.41) is 0.712. The van der Waals surface area contributed by atoms with Gasteiger partial charge < -0.3 is 4.90 Å². The Labute approximate surface area is 72.4 Å². The first kappa shape index (κ1) is 10.3. The molecule has 0 saturated carbocycles. The second-order valence-electron chi connectivity index (χ2n) is 2.25. The van der Waals surface area contributed by atoms with Gasteiger partial charge in [0.05, 0.1) is 0 Å². The van der Waals surface area contributed by atoms with Crippen LogP contribution in [-0.2, 0) is 0 Å². The summed E-state index contributed by atoms with van der Waals surface area (Å²) in [4.78, 5) is 2.16. The SMILES string of the molecule is C=C(Cl)CN(C)CCSC. The highest BCUT2D eigenvalue weighted by atomic mass is 35.5. The summed E-state index contributed by atoms with van der Waals surface area (Å²) in [6, 6.07) is 0. The average molecular weight is 180 g/mol. The van der Waals surface area contributed by atoms with Crippen LogP contribution in [-0.4, -0.2) is 37.0 Å². The third-order valence-corrected chi connectivity index (χ3v) is 1.83. The number of nitrogens with zero attached hydrogens (tertiary/aromatic N) is 1. The van der Waals surface area contributed by atoms with Gasteiger partial charge in [-0.25, -0.2) is 0 Å². The van der Waals surface area contributed by atoms with Crippen molar-refractivity contribution in [2.75, 3.05) is 32.1 Å². The molecule has 60 valence electrons. The first-order valence-electron chi connectivity index (χ1n) is 3.17. The van der Waals surface area contributed by atoms with E-state index in [1.165, 1.54) is 0 Å². The highest BCUT2D eigenvalue weighted by Crippen LogP contribution is 2.00. The van der Waals surface area contributed by atoms with Gasteiger partial charge >= 0.3 is 0 Å². The minimum absolute atomic E-state index is 0.712. The zero-order chi connectivity index (χ0) is 7.98. The molecule has 0 aliphatic rings. The largest absolute Gasteiger partial charge is 0.300 e. The van der Waals surface area contributed by atoms with Crippen molar-refractivity contribution in [3.8, 4) is 0 Å². The Bertz CT molecular complexity index is 106. The molecule has 0 radical (unpaired) electrons. The summed E-state index contributed by atoms with van der Waals surface area (Å²) < 4.78 is 0. The van der Waals surface area contributed by atoms with E-state index >= 15 is 0 Å². The van der Waals surface area contributed by atoms with Crippen LogP contribution in [0.5, 0.6) is 0 Å². The molecule has 0 aromatic heterocycles. The van der Waals surface area contributed by atoms with E-state index in [0.717, 1.165) is 18.8 Å². The summed E-state index contributed by atoms with van der Waals surface area (Å²) in [5.41, 5.74) is 0. The van der Waals surface area contributed by atoms with Gasteiger partial charge in [0.25, 0.3) is 0 Å². The molecule has 0 amide bonds. The van der Waals surface area contributed by atoms with Gasteiger partial charge in [-0.2, -0.15) is 11.8 Å². The molecule has 0 rings (SSSR count). The van der Waals surface area contributed by atoms with Crippen molar-refractivity contribution in [2.24, 2.45) is 0 Å². The summed E-state index contributed by atoms with van der Waals surface area (Å²) in [6.07, 6.45) is 2.10. The van der Waals surface area contributed by atoms with Gasteiger partial charge in [-0.15, -0.1) is 0 Å². The lowest BCUT2D eigenvalue weighted by atomic mass is 10.5. The van der Waals surface area contributed by atoms with Gasteiger partial charge in [0.1, 0.15) is 0 Å². The lowest BCUT2D eigenvalue weighted by Crippen LogP contribution is -2.22. The second kappa shape index (κ2) is 6.08. The summed E-state index contributed by atoms with van der Waals surface area (Å²) >= 11 is 7.45. The van der Waals surface area contributed by atoms with Gasteiger partial charge in [0.15, 0.2) is 0 Å². The van der Waals surface area contributed by atoms with E-state index in [1.54, 1.807) is 0 Å². The molecule has 0 atom stereocenters. The third-order valence-electron chi connectivity index (χ3n) is 1.12. The molecule has 0 aliphatic carbocycles. The first-order valence-corrected chi connectivity index (χ1v) is 4.94. The van der Waals surface area contributed by atoms with E-state index in [4.69, 9.17) is 11.6 Å². The van der Waals surface area contributed by atoms with Gasteiger partial charge in [-0.05, 0) is 13.3 Å². The molecule has 0 aromatic rings. The Balaban J connectivity index is 3.25. The van der Waals surface area contributed by atoms with Gasteiger partial charge in [0.2, 0.25) is 0 Å². The van der Waals surface area contributed by atoms with E-state index in [1.807, 2.05) is 18.8 Å². The van der Waals surface area contributed by atoms with E-state index in [0.29, 0.717) is 5.03 Å². The van der Waals surface area contributed by atoms with Crippen molar-refractivity contribution in [2.45, 2.75) is 0 Å². The maximum absolute atomic E-state index is 5.61. The predicted molar refractivity (Wildman–Crippen MR) is 50.9 cm³/mol. The van der Waals surface area contributed by atoms with E-state index in [9.17, 15) is 0 Å². The lowest BCUT2D eigenvalue weighted by Gasteiger charge is -2.13. The molecule has 0 spiro atoms. The molecule has 0 saturated heterocycles. The van der Waals surface area contributed by atoms with E-state index in [-0.39, 0.29) is 0 Å². The smallest absolute Gasteiger partial charge is 0.0332 e. The minimum atomic E-state index is 0.712. The maximum Gasteiger partial charge on any atom is 0.0332 e. The molecule has 0 N–H and O–H groups in total. The van der Waals surface area contributed by atoms with Crippen molar-refractivity contribution in [3.05, 3.63) is 11.6 Å². The monoisotopic (exact) mass is 179 g/mol. The minimum Gasteiger partial charge on any atom is -0.300 e. The molecule has 3 heteroatoms. The summed E-state index contributed by atoms with van der Waals surface area (Å²) in [7, 11) is 2.05. The van der Waals surface area contributed by atoms with Gasteiger partial charge in [-0.3, -0.25) is 0 Å². The van der Waals surface area contributed by atoms with E-state index in [2.05, 4.69) is 17.7 Å². The lowest BCUT2D eigenvalue weighted by molar-refractivity contribution is 0.393. The summed E-state index contributed by atoms with van der Waals surface area (Å²) in [5.74, 6) is 1.15. The van der Waals surface area contributed by atoms with Crippen LogP contribution in [0.15, 0.2) is 11.6 Å². The van der Waals surface area contributed by atoms with Crippen molar-refractivity contribution < 1.29 is 0 Å². The highest BCUT2D eigenvalue weighted by molar-refractivity contribution is 7.98. The fraction of sp³-hybridized carbons (Fsp3) is 0.714. The Hall–Kier alpha value is 0.340. The van der Waals surface area contributed by atoms with E-state index < -0.39 is 0 Å². The fourth-order valence-corrected chi connectivity index (χ4v) is 1.32. The van der Waals surface area contributed by atoms with Crippen LogP contribution >= 0.6 is 23.4 Å². The number of hydrogen-bond donors (Lipinski definition) is 0. The normalized spacial score (nSPS) is 10.4. The van der Waals surface area contributed by atoms with Crippen LogP contribution in [0.25, 0.3) is 0 Å². The molecule has 10 heavy (non-hydrogen) atoms. The van der Waals surface area contributed by atoms with Crippen molar-refractivity contribution in [1.82, 2.24) is 4.90 Å². The molecule has 0 unspecified atom stereocenters. The number of halogens is 1. The quantitative estimate of drug-likeness (QED) is 0.636. The van der Waals surface area contributed by atoms with Crippen LogP contribution < -0.4 is 0 Å². The highest BCUT2D eigenvalue weighted by Gasteiger charge is 1.96. The molecule has 1 nitrogen and oxygen atoms in total. The molecular weight excluding hydrogens is 166 g/mol. The van der Waals surface area contributed by atoms with Crippen LogP contribution in [0.2, 0.25) is 0 Å². The number of rotatable bonds is 5. The van der Waals surface area contributed by atoms with Crippen LogP contribution in [0.4, 0.5) is 0 Å². The second-order valence-corrected chi connectivity index (χ2v) is 3.77. The number of hydrogen-bond acceptors (Lipinski definition) is 2. The average Bonchev–Trinajstić information content (AvgIpc) is 1.82.